The van der Waals surface area contributed by atoms with Crippen LogP contribution in [0.1, 0.15) is 76.8 Å². The Hall–Kier alpha value is -1.04. The smallest absolute Gasteiger partial charge is 0.101 e. The minimum Gasteiger partial charge on any atom is -0.316 e. The van der Waals surface area contributed by atoms with E-state index in [9.17, 15) is 0 Å². The van der Waals surface area contributed by atoms with E-state index in [0.717, 1.165) is 23.3 Å². The summed E-state index contributed by atoms with van der Waals surface area (Å²) in [6.07, 6.45) is 10.3. The minimum atomic E-state index is 0.530. The molecular weight excluding hydrogens is 340 g/mol. The van der Waals surface area contributed by atoms with Gasteiger partial charge in [0.05, 0.1) is 10.6 Å². The van der Waals surface area contributed by atoms with Crippen molar-refractivity contribution in [3.05, 3.63) is 34.3 Å². The fourth-order valence-electron chi connectivity index (χ4n) is 3.55. The van der Waals surface area contributed by atoms with Gasteiger partial charge in [-0.05, 0) is 61.9 Å². The fraction of sp³-hybridized carbons (Fsp3) is 0.696. The second-order valence-corrected chi connectivity index (χ2v) is 8.41. The van der Waals surface area contributed by atoms with Crippen molar-refractivity contribution >= 4 is 11.6 Å². The highest BCUT2D eigenvalue weighted by Crippen LogP contribution is 2.25. The van der Waals surface area contributed by atoms with Crippen LogP contribution in [-0.4, -0.2) is 13.1 Å². The maximum atomic E-state index is 8.47. The Balaban J connectivity index is 0.000000197. The molecule has 1 saturated carbocycles. The highest BCUT2D eigenvalue weighted by Gasteiger charge is 2.16. The summed E-state index contributed by atoms with van der Waals surface area (Å²) in [6, 6.07) is 7.35. The number of nitrogens with zero attached hydrogens (tertiary/aromatic N) is 1. The van der Waals surface area contributed by atoms with Crippen LogP contribution in [0.4, 0.5) is 0 Å². The quantitative estimate of drug-likeness (QED) is 0.619. The first kappa shape index (κ1) is 23.0. The van der Waals surface area contributed by atoms with Crippen molar-refractivity contribution in [2.75, 3.05) is 13.1 Å². The van der Waals surface area contributed by atoms with Crippen molar-refractivity contribution in [3.8, 4) is 6.07 Å². The van der Waals surface area contributed by atoms with Crippen LogP contribution in [0.25, 0.3) is 0 Å². The summed E-state index contributed by atoms with van der Waals surface area (Å²) in [5.74, 6) is 2.92. The number of rotatable bonds is 2. The third-order valence-electron chi connectivity index (χ3n) is 5.59. The highest BCUT2D eigenvalue weighted by atomic mass is 35.5. The van der Waals surface area contributed by atoms with Gasteiger partial charge in [-0.1, -0.05) is 77.0 Å². The van der Waals surface area contributed by atoms with Gasteiger partial charge < -0.3 is 5.32 Å². The Bertz CT molecular complexity index is 536. The molecule has 0 bridgehead atoms. The molecular formula is C23H37ClN2. The molecule has 2 nitrogen and oxygen atoms in total. The molecule has 1 saturated heterocycles. The van der Waals surface area contributed by atoms with Gasteiger partial charge in [0.15, 0.2) is 0 Å². The van der Waals surface area contributed by atoms with Crippen LogP contribution in [0, 0.1) is 36.0 Å². The summed E-state index contributed by atoms with van der Waals surface area (Å²) < 4.78 is 0. The van der Waals surface area contributed by atoms with Gasteiger partial charge in [-0.2, -0.15) is 5.26 Å². The zero-order valence-corrected chi connectivity index (χ0v) is 17.9. The molecule has 0 radical (unpaired) electrons. The average Bonchev–Trinajstić information content (AvgIpc) is 3.19. The lowest BCUT2D eigenvalue weighted by Crippen LogP contribution is -2.12. The first-order valence-corrected chi connectivity index (χ1v) is 10.7. The van der Waals surface area contributed by atoms with E-state index in [1.54, 1.807) is 12.1 Å². The summed E-state index contributed by atoms with van der Waals surface area (Å²) >= 11 is 5.71. The van der Waals surface area contributed by atoms with E-state index in [1.165, 1.54) is 58.0 Å². The number of hydrogen-bond donors (Lipinski definition) is 1. The molecule has 0 aromatic heterocycles. The van der Waals surface area contributed by atoms with Crippen LogP contribution in [0.3, 0.4) is 0 Å². The largest absolute Gasteiger partial charge is 0.316 e. The van der Waals surface area contributed by atoms with Crippen LogP contribution in [-0.2, 0) is 0 Å². The molecule has 1 unspecified atom stereocenters. The number of halogens is 1. The van der Waals surface area contributed by atoms with Crippen molar-refractivity contribution in [2.45, 2.75) is 72.6 Å². The van der Waals surface area contributed by atoms with E-state index in [4.69, 9.17) is 16.9 Å². The number of nitrogens with one attached hydrogen (secondary N) is 1. The Kier molecular flexibility index (Phi) is 11.7. The minimum absolute atomic E-state index is 0.530. The third kappa shape index (κ3) is 9.06. The molecule has 0 spiro atoms. The standard InChI is InChI=1S/C8H6ClN.C8H16.C7H15N/c1-6-2-3-7(5-10)8(9)4-6;1-2-8-6-4-3-5-7-8;1-6(2)7-3-4-8-5-7/h2-4H,1H3;8H,2-7H2,1H3;6-8H,3-5H2,1-2H3. The number of aryl methyl sites for hydroxylation is 1. The zero-order chi connectivity index (χ0) is 19.4. The molecule has 1 aromatic carbocycles. The monoisotopic (exact) mass is 376 g/mol. The van der Waals surface area contributed by atoms with Crippen molar-refractivity contribution in [3.63, 3.8) is 0 Å². The average molecular weight is 377 g/mol. The number of hydrogen-bond acceptors (Lipinski definition) is 2. The van der Waals surface area contributed by atoms with Gasteiger partial charge in [-0.3, -0.25) is 0 Å². The predicted molar refractivity (Wildman–Crippen MR) is 114 cm³/mol. The lowest BCUT2D eigenvalue weighted by atomic mass is 9.88. The second kappa shape index (κ2) is 13.2. The van der Waals surface area contributed by atoms with E-state index in [-0.39, 0.29) is 0 Å². The van der Waals surface area contributed by atoms with Gasteiger partial charge in [-0.25, -0.2) is 0 Å². The van der Waals surface area contributed by atoms with Crippen LogP contribution >= 0.6 is 11.6 Å². The summed E-state index contributed by atoms with van der Waals surface area (Å²) in [6.45, 7) is 11.3. The maximum Gasteiger partial charge on any atom is 0.101 e. The summed E-state index contributed by atoms with van der Waals surface area (Å²) in [5, 5.41) is 12.4. The van der Waals surface area contributed by atoms with Crippen LogP contribution in [0.15, 0.2) is 18.2 Å². The predicted octanol–water partition coefficient (Wildman–Crippen LogP) is 6.75. The molecule has 146 valence electrons. The van der Waals surface area contributed by atoms with Crippen molar-refractivity contribution < 1.29 is 0 Å². The molecule has 3 heteroatoms. The van der Waals surface area contributed by atoms with Crippen molar-refractivity contribution in [1.82, 2.24) is 5.32 Å². The molecule has 3 rings (SSSR count). The number of nitriles is 1. The molecule has 1 atom stereocenters. The molecule has 0 amide bonds. The summed E-state index contributed by atoms with van der Waals surface area (Å²) in [4.78, 5) is 0. The molecule has 1 aliphatic heterocycles. The van der Waals surface area contributed by atoms with Crippen molar-refractivity contribution in [1.29, 1.82) is 5.26 Å². The summed E-state index contributed by atoms with van der Waals surface area (Å²) in [7, 11) is 0. The van der Waals surface area contributed by atoms with Crippen LogP contribution < -0.4 is 5.32 Å². The van der Waals surface area contributed by atoms with Gasteiger partial charge in [0.25, 0.3) is 0 Å². The lowest BCUT2D eigenvalue weighted by molar-refractivity contribution is 0.349. The lowest BCUT2D eigenvalue weighted by Gasteiger charge is -2.18. The first-order valence-electron chi connectivity index (χ1n) is 10.3. The molecule has 1 aromatic rings. The SMILES string of the molecule is CC(C)C1CCNC1.CCC1CCCCC1.Cc1ccc(C#N)c(Cl)c1. The van der Waals surface area contributed by atoms with Gasteiger partial charge in [0.2, 0.25) is 0 Å². The molecule has 2 fully saturated rings. The Labute approximate surface area is 166 Å². The fourth-order valence-corrected chi connectivity index (χ4v) is 3.83. The maximum absolute atomic E-state index is 8.47. The van der Waals surface area contributed by atoms with Gasteiger partial charge in [-0.15, -0.1) is 0 Å². The number of benzene rings is 1. The first-order chi connectivity index (χ1) is 12.5. The second-order valence-electron chi connectivity index (χ2n) is 8.00. The topological polar surface area (TPSA) is 35.8 Å². The highest BCUT2D eigenvalue weighted by molar-refractivity contribution is 6.31. The molecule has 1 heterocycles. The molecule has 1 aliphatic carbocycles. The van der Waals surface area contributed by atoms with E-state index in [1.807, 2.05) is 19.1 Å². The zero-order valence-electron chi connectivity index (χ0n) is 17.2. The van der Waals surface area contributed by atoms with Crippen LogP contribution in [0.2, 0.25) is 5.02 Å². The van der Waals surface area contributed by atoms with Gasteiger partial charge in [0.1, 0.15) is 6.07 Å². The Morgan fingerprint density at radius 3 is 2.27 bits per heavy atom. The van der Waals surface area contributed by atoms with Crippen molar-refractivity contribution in [2.24, 2.45) is 17.8 Å². The van der Waals surface area contributed by atoms with Gasteiger partial charge >= 0.3 is 0 Å². The Morgan fingerprint density at radius 1 is 1.19 bits per heavy atom. The molecule has 2 aliphatic rings. The molecule has 26 heavy (non-hydrogen) atoms. The van der Waals surface area contributed by atoms with E-state index in [2.05, 4.69) is 26.1 Å². The van der Waals surface area contributed by atoms with Crippen LogP contribution in [0.5, 0.6) is 0 Å². The molecule has 1 N–H and O–H groups in total. The van der Waals surface area contributed by atoms with E-state index < -0.39 is 0 Å². The summed E-state index contributed by atoms with van der Waals surface area (Å²) in [5.41, 5.74) is 1.61. The Morgan fingerprint density at radius 2 is 1.88 bits per heavy atom. The third-order valence-corrected chi connectivity index (χ3v) is 5.90. The normalized spacial score (nSPS) is 19.8. The van der Waals surface area contributed by atoms with Gasteiger partial charge in [0, 0.05) is 0 Å². The van der Waals surface area contributed by atoms with E-state index in [0.29, 0.717) is 10.6 Å². The van der Waals surface area contributed by atoms with E-state index >= 15 is 0 Å².